The van der Waals surface area contributed by atoms with Gasteiger partial charge in [0.25, 0.3) is 5.91 Å². The Kier molecular flexibility index (Phi) is 3.53. The van der Waals surface area contributed by atoms with E-state index in [1.807, 2.05) is 6.07 Å². The SMILES string of the molecule is C[C@@H](NC(=O)c1cc(=O)c2ccccc2o1)C12CC3CC(CC(C3)C1)C2. The summed E-state index contributed by atoms with van der Waals surface area (Å²) in [6, 6.07) is 8.50. The Hall–Kier alpha value is -2.10. The highest BCUT2D eigenvalue weighted by molar-refractivity contribution is 5.93. The molecule has 0 unspecified atom stereocenters. The first kappa shape index (κ1) is 16.1. The van der Waals surface area contributed by atoms with Gasteiger partial charge in [-0.2, -0.15) is 0 Å². The Morgan fingerprint density at radius 1 is 1.12 bits per heavy atom. The lowest BCUT2D eigenvalue weighted by molar-refractivity contribution is -0.0688. The van der Waals surface area contributed by atoms with E-state index in [0.717, 1.165) is 17.8 Å². The fourth-order valence-electron chi connectivity index (χ4n) is 6.34. The average Bonchev–Trinajstić information content (AvgIpc) is 2.60. The molecule has 26 heavy (non-hydrogen) atoms. The van der Waals surface area contributed by atoms with Gasteiger partial charge in [0, 0.05) is 12.1 Å². The van der Waals surface area contributed by atoms with Gasteiger partial charge >= 0.3 is 0 Å². The Morgan fingerprint density at radius 2 is 1.73 bits per heavy atom. The van der Waals surface area contributed by atoms with Crippen molar-refractivity contribution in [3.63, 3.8) is 0 Å². The summed E-state index contributed by atoms with van der Waals surface area (Å²) in [6.07, 6.45) is 7.88. The van der Waals surface area contributed by atoms with Crippen LogP contribution in [-0.4, -0.2) is 11.9 Å². The second-order valence-corrected chi connectivity index (χ2v) is 8.95. The number of para-hydroxylation sites is 1. The monoisotopic (exact) mass is 351 g/mol. The summed E-state index contributed by atoms with van der Waals surface area (Å²) in [5, 5.41) is 3.69. The number of fused-ring (bicyclic) bond motifs is 1. The van der Waals surface area contributed by atoms with Crippen LogP contribution in [0.4, 0.5) is 0 Å². The summed E-state index contributed by atoms with van der Waals surface area (Å²) < 4.78 is 5.71. The van der Waals surface area contributed by atoms with E-state index >= 15 is 0 Å². The van der Waals surface area contributed by atoms with Crippen LogP contribution < -0.4 is 10.7 Å². The van der Waals surface area contributed by atoms with E-state index in [2.05, 4.69) is 12.2 Å². The molecule has 4 heteroatoms. The largest absolute Gasteiger partial charge is 0.451 e. The molecule has 0 spiro atoms. The zero-order valence-corrected chi connectivity index (χ0v) is 15.2. The van der Waals surface area contributed by atoms with Crippen LogP contribution in [0.25, 0.3) is 11.0 Å². The molecule has 1 aromatic carbocycles. The van der Waals surface area contributed by atoms with Crippen molar-refractivity contribution in [2.24, 2.45) is 23.2 Å². The molecule has 1 atom stereocenters. The number of hydrogen-bond acceptors (Lipinski definition) is 3. The smallest absolute Gasteiger partial charge is 0.287 e. The Balaban J connectivity index is 1.39. The topological polar surface area (TPSA) is 59.3 Å². The molecule has 1 aromatic heterocycles. The predicted octanol–water partition coefficient (Wildman–Crippen LogP) is 4.13. The second kappa shape index (κ2) is 5.70. The minimum Gasteiger partial charge on any atom is -0.451 e. The van der Waals surface area contributed by atoms with Crippen LogP contribution in [0.2, 0.25) is 0 Å². The number of hydrogen-bond donors (Lipinski definition) is 1. The fraction of sp³-hybridized carbons (Fsp3) is 0.545. The first-order chi connectivity index (χ1) is 12.5. The van der Waals surface area contributed by atoms with Crippen molar-refractivity contribution in [2.45, 2.75) is 51.5 Å². The van der Waals surface area contributed by atoms with Gasteiger partial charge < -0.3 is 9.73 Å². The molecule has 4 bridgehead atoms. The molecule has 2 aromatic rings. The van der Waals surface area contributed by atoms with E-state index in [9.17, 15) is 9.59 Å². The molecule has 0 radical (unpaired) electrons. The number of benzene rings is 1. The maximum absolute atomic E-state index is 12.8. The zero-order chi connectivity index (χ0) is 17.9. The van der Waals surface area contributed by atoms with Gasteiger partial charge in [-0.1, -0.05) is 12.1 Å². The van der Waals surface area contributed by atoms with Gasteiger partial charge in [0.1, 0.15) is 5.58 Å². The van der Waals surface area contributed by atoms with Crippen LogP contribution in [0.1, 0.15) is 56.0 Å². The lowest BCUT2D eigenvalue weighted by Gasteiger charge is -2.59. The molecule has 4 saturated carbocycles. The van der Waals surface area contributed by atoms with Crippen molar-refractivity contribution in [3.8, 4) is 0 Å². The quantitative estimate of drug-likeness (QED) is 0.904. The number of amides is 1. The third-order valence-electron chi connectivity index (χ3n) is 7.21. The van der Waals surface area contributed by atoms with E-state index in [1.165, 1.54) is 44.6 Å². The Bertz CT molecular complexity index is 893. The molecule has 0 saturated heterocycles. The van der Waals surface area contributed by atoms with Gasteiger partial charge in [-0.05, 0) is 80.8 Å². The van der Waals surface area contributed by atoms with Gasteiger partial charge in [0.05, 0.1) is 5.39 Å². The maximum Gasteiger partial charge on any atom is 0.287 e. The number of carbonyl (C=O) groups is 1. The fourth-order valence-corrected chi connectivity index (χ4v) is 6.34. The second-order valence-electron chi connectivity index (χ2n) is 8.95. The molecule has 4 fully saturated rings. The third-order valence-corrected chi connectivity index (χ3v) is 7.21. The Labute approximate surface area is 153 Å². The zero-order valence-electron chi connectivity index (χ0n) is 15.2. The van der Waals surface area contributed by atoms with Gasteiger partial charge in [-0.25, -0.2) is 0 Å². The van der Waals surface area contributed by atoms with Crippen molar-refractivity contribution < 1.29 is 9.21 Å². The van der Waals surface area contributed by atoms with Crippen LogP contribution in [-0.2, 0) is 0 Å². The van der Waals surface area contributed by atoms with Crippen LogP contribution >= 0.6 is 0 Å². The molecule has 1 heterocycles. The van der Waals surface area contributed by atoms with Gasteiger partial charge in [0.2, 0.25) is 0 Å². The minimum atomic E-state index is -0.268. The molecule has 4 aliphatic rings. The lowest BCUT2D eigenvalue weighted by atomic mass is 9.48. The van der Waals surface area contributed by atoms with Crippen molar-refractivity contribution in [1.29, 1.82) is 0 Å². The van der Waals surface area contributed by atoms with Gasteiger partial charge in [-0.15, -0.1) is 0 Å². The highest BCUT2D eigenvalue weighted by atomic mass is 16.3. The third kappa shape index (κ3) is 2.50. The molecular formula is C22H25NO3. The van der Waals surface area contributed by atoms with Gasteiger partial charge in [-0.3, -0.25) is 9.59 Å². The van der Waals surface area contributed by atoms with E-state index in [1.54, 1.807) is 18.2 Å². The maximum atomic E-state index is 12.8. The van der Waals surface area contributed by atoms with Crippen LogP contribution in [0.5, 0.6) is 0 Å². The Morgan fingerprint density at radius 3 is 2.38 bits per heavy atom. The summed E-state index contributed by atoms with van der Waals surface area (Å²) in [7, 11) is 0. The van der Waals surface area contributed by atoms with E-state index in [-0.39, 0.29) is 28.6 Å². The standard InChI is InChI=1S/C22H25NO3/c1-13(22-10-14-6-15(11-22)8-16(7-14)12-22)23-21(25)20-9-18(24)17-4-2-3-5-19(17)26-20/h2-5,9,13-16H,6-8,10-12H2,1H3,(H,23,25)/t13-,14?,15?,16?,22?/m1/s1. The predicted molar refractivity (Wildman–Crippen MR) is 100 cm³/mol. The van der Waals surface area contributed by atoms with Crippen molar-refractivity contribution >= 4 is 16.9 Å². The molecule has 1 N–H and O–H groups in total. The lowest BCUT2D eigenvalue weighted by Crippen LogP contribution is -2.55. The molecule has 136 valence electrons. The van der Waals surface area contributed by atoms with Crippen molar-refractivity contribution in [1.82, 2.24) is 5.32 Å². The summed E-state index contributed by atoms with van der Waals surface area (Å²) in [6.45, 7) is 2.14. The normalized spacial score (nSPS) is 33.3. The highest BCUT2D eigenvalue weighted by Crippen LogP contribution is 2.61. The molecule has 1 amide bonds. The number of nitrogens with one attached hydrogen (secondary N) is 1. The number of rotatable bonds is 3. The minimum absolute atomic E-state index is 0.111. The van der Waals surface area contributed by atoms with E-state index < -0.39 is 0 Å². The summed E-state index contributed by atoms with van der Waals surface area (Å²) in [4.78, 5) is 25.1. The van der Waals surface area contributed by atoms with Crippen molar-refractivity contribution in [3.05, 3.63) is 46.3 Å². The van der Waals surface area contributed by atoms with Gasteiger partial charge in [0.15, 0.2) is 11.2 Å². The van der Waals surface area contributed by atoms with Crippen LogP contribution in [0.15, 0.2) is 39.5 Å². The molecule has 6 rings (SSSR count). The first-order valence-corrected chi connectivity index (χ1v) is 9.86. The first-order valence-electron chi connectivity index (χ1n) is 9.86. The summed E-state index contributed by atoms with van der Waals surface area (Å²) in [5.74, 6) is 2.39. The molecule has 0 aliphatic heterocycles. The summed E-state index contributed by atoms with van der Waals surface area (Å²) >= 11 is 0. The van der Waals surface area contributed by atoms with E-state index in [0.29, 0.717) is 11.0 Å². The molecular weight excluding hydrogens is 326 g/mol. The highest BCUT2D eigenvalue weighted by Gasteiger charge is 2.53. The van der Waals surface area contributed by atoms with Crippen LogP contribution in [0.3, 0.4) is 0 Å². The average molecular weight is 351 g/mol. The van der Waals surface area contributed by atoms with Crippen molar-refractivity contribution in [2.75, 3.05) is 0 Å². The number of carbonyl (C=O) groups excluding carboxylic acids is 1. The molecule has 4 nitrogen and oxygen atoms in total. The van der Waals surface area contributed by atoms with Crippen LogP contribution in [0, 0.1) is 23.2 Å². The molecule has 4 aliphatic carbocycles. The van der Waals surface area contributed by atoms with E-state index in [4.69, 9.17) is 4.42 Å². The summed E-state index contributed by atoms with van der Waals surface area (Å²) in [5.41, 5.74) is 0.536.